The summed E-state index contributed by atoms with van der Waals surface area (Å²) in [6, 6.07) is 58.2. The zero-order valence-electron chi connectivity index (χ0n) is 34.7. The molecule has 0 amide bonds. The number of allylic oxidation sites excluding steroid dienone is 4. The van der Waals surface area contributed by atoms with Crippen LogP contribution in [-0.2, 0) is 0 Å². The first-order chi connectivity index (χ1) is 27.7. The van der Waals surface area contributed by atoms with Gasteiger partial charge in [0.15, 0.2) is 0 Å². The molecule has 7 aromatic rings. The lowest BCUT2D eigenvalue weighted by Gasteiger charge is -2.21. The van der Waals surface area contributed by atoms with Gasteiger partial charge in [-0.25, -0.2) is 0 Å². The maximum atomic E-state index is 2.39. The molecule has 0 radical (unpaired) electrons. The molecule has 286 valence electrons. The number of nitrogens with zero attached hydrogens (tertiary/aromatic N) is 2. The van der Waals surface area contributed by atoms with Gasteiger partial charge in [0, 0.05) is 59.4 Å². The third kappa shape index (κ3) is 8.31. The summed E-state index contributed by atoms with van der Waals surface area (Å²) in [5.41, 5.74) is 20.1. The highest BCUT2D eigenvalue weighted by atomic mass is 32.1. The minimum Gasteiger partial charge on any atom is -0.378 e. The topological polar surface area (TPSA) is 6.48 Å². The number of hydrogen-bond donors (Lipinski definition) is 0. The fraction of sp³-hybridized carbons (Fsp3) is 0.185. The maximum absolute atomic E-state index is 2.39. The highest BCUT2D eigenvalue weighted by molar-refractivity contribution is 7.20. The zero-order chi connectivity index (χ0) is 40.1. The SMILES string of the molecule is CCN(CC)c1ccc(/C(C)=C(\C)c2ccc(-c3sc(-c4ccc(/C(C)=C(\C)c5ccc(N(C)C)cc5)cc4)c(-c4ccccc4)c3-c3ccccc3)cc2)cc1. The van der Waals surface area contributed by atoms with Crippen LogP contribution in [0.4, 0.5) is 11.4 Å². The molecule has 0 aliphatic carbocycles. The molecule has 0 aliphatic rings. The Labute approximate surface area is 345 Å². The van der Waals surface area contributed by atoms with E-state index in [-0.39, 0.29) is 0 Å². The van der Waals surface area contributed by atoms with Gasteiger partial charge < -0.3 is 9.80 Å². The normalized spacial score (nSPS) is 12.2. The standard InChI is InChI=1S/C54H54N2S/c1-9-56(10-2)50-35-31-44(32-36-50)40(6)38(4)42-23-27-48(28-24-42)54-52(46-19-15-12-16-20-46)51(45-17-13-11-14-18-45)53(57-54)47-25-21-41(22-26-47)37(3)39(5)43-29-33-49(34-30-43)55(7)8/h11-36H,9-10H2,1-8H3/b39-37+,40-38+. The van der Waals surface area contributed by atoms with Crippen LogP contribution in [0.3, 0.4) is 0 Å². The summed E-state index contributed by atoms with van der Waals surface area (Å²) in [5, 5.41) is 0. The number of anilines is 2. The zero-order valence-corrected chi connectivity index (χ0v) is 35.5. The predicted molar refractivity (Wildman–Crippen MR) is 253 cm³/mol. The molecule has 0 spiro atoms. The first-order valence-electron chi connectivity index (χ1n) is 20.2. The highest BCUT2D eigenvalue weighted by Gasteiger charge is 2.23. The van der Waals surface area contributed by atoms with Gasteiger partial charge in [0.05, 0.1) is 0 Å². The Hall–Kier alpha value is -5.90. The molecule has 6 aromatic carbocycles. The first-order valence-corrected chi connectivity index (χ1v) is 21.0. The van der Waals surface area contributed by atoms with Gasteiger partial charge in [-0.2, -0.15) is 0 Å². The largest absolute Gasteiger partial charge is 0.378 e. The Bertz CT molecular complexity index is 2480. The van der Waals surface area contributed by atoms with E-state index in [1.54, 1.807) is 0 Å². The average Bonchev–Trinajstić information content (AvgIpc) is 3.67. The molecule has 57 heavy (non-hydrogen) atoms. The fourth-order valence-corrected chi connectivity index (χ4v) is 9.08. The molecular formula is C54H54N2S. The predicted octanol–water partition coefficient (Wildman–Crippen LogP) is 15.2. The summed E-state index contributed by atoms with van der Waals surface area (Å²) in [6.07, 6.45) is 0. The average molecular weight is 763 g/mol. The van der Waals surface area contributed by atoms with Crippen LogP contribution in [0, 0.1) is 0 Å². The molecule has 0 aliphatic heterocycles. The number of rotatable bonds is 12. The van der Waals surface area contributed by atoms with Gasteiger partial charge in [0.25, 0.3) is 0 Å². The molecule has 0 fully saturated rings. The van der Waals surface area contributed by atoms with E-state index >= 15 is 0 Å². The lowest BCUT2D eigenvalue weighted by molar-refractivity contribution is 0.866. The van der Waals surface area contributed by atoms with Crippen LogP contribution < -0.4 is 9.80 Å². The number of thiophene rings is 1. The molecule has 1 aromatic heterocycles. The third-order valence-electron chi connectivity index (χ3n) is 11.6. The van der Waals surface area contributed by atoms with Gasteiger partial charge in [-0.3, -0.25) is 0 Å². The van der Waals surface area contributed by atoms with Crippen molar-refractivity contribution in [2.24, 2.45) is 0 Å². The van der Waals surface area contributed by atoms with E-state index in [1.807, 2.05) is 11.3 Å². The first kappa shape index (κ1) is 39.3. The lowest BCUT2D eigenvalue weighted by Crippen LogP contribution is -2.21. The smallest absolute Gasteiger partial charge is 0.0434 e. The molecule has 2 nitrogen and oxygen atoms in total. The van der Waals surface area contributed by atoms with E-state index in [4.69, 9.17) is 0 Å². The van der Waals surface area contributed by atoms with E-state index in [0.29, 0.717) is 0 Å². The molecule has 7 rings (SSSR count). The van der Waals surface area contributed by atoms with Gasteiger partial charge in [-0.05, 0) is 133 Å². The number of benzene rings is 6. The summed E-state index contributed by atoms with van der Waals surface area (Å²) < 4.78 is 0. The van der Waals surface area contributed by atoms with Crippen LogP contribution in [0.5, 0.6) is 0 Å². The molecule has 0 unspecified atom stereocenters. The maximum Gasteiger partial charge on any atom is 0.0434 e. The minimum atomic E-state index is 1.01. The molecule has 0 N–H and O–H groups in total. The molecular weight excluding hydrogens is 709 g/mol. The van der Waals surface area contributed by atoms with Gasteiger partial charge in [0.1, 0.15) is 0 Å². The van der Waals surface area contributed by atoms with E-state index in [0.717, 1.165) is 13.1 Å². The van der Waals surface area contributed by atoms with E-state index in [2.05, 4.69) is 223 Å². The second-order valence-corrected chi connectivity index (χ2v) is 16.1. The molecule has 0 saturated heterocycles. The summed E-state index contributed by atoms with van der Waals surface area (Å²) >= 11 is 1.90. The van der Waals surface area contributed by atoms with Crippen LogP contribution in [0.1, 0.15) is 63.8 Å². The van der Waals surface area contributed by atoms with Crippen LogP contribution in [0.25, 0.3) is 65.4 Å². The summed E-state index contributed by atoms with van der Waals surface area (Å²) in [6.45, 7) is 15.4. The summed E-state index contributed by atoms with van der Waals surface area (Å²) in [4.78, 5) is 7.09. The minimum absolute atomic E-state index is 1.01. The lowest BCUT2D eigenvalue weighted by atomic mass is 9.90. The van der Waals surface area contributed by atoms with Crippen molar-refractivity contribution >= 4 is 45.0 Å². The highest BCUT2D eigenvalue weighted by Crippen LogP contribution is 2.52. The van der Waals surface area contributed by atoms with Crippen LogP contribution >= 0.6 is 11.3 Å². The van der Waals surface area contributed by atoms with Crippen LogP contribution in [-0.4, -0.2) is 27.2 Å². The molecule has 3 heteroatoms. The van der Waals surface area contributed by atoms with Crippen molar-refractivity contribution in [3.05, 3.63) is 180 Å². The van der Waals surface area contributed by atoms with Crippen molar-refractivity contribution in [3.63, 3.8) is 0 Å². The van der Waals surface area contributed by atoms with Crippen molar-refractivity contribution in [2.45, 2.75) is 41.5 Å². The third-order valence-corrected chi connectivity index (χ3v) is 12.9. The Morgan fingerprint density at radius 2 is 0.702 bits per heavy atom. The van der Waals surface area contributed by atoms with Crippen molar-refractivity contribution in [2.75, 3.05) is 37.0 Å². The van der Waals surface area contributed by atoms with Crippen molar-refractivity contribution < 1.29 is 0 Å². The second-order valence-electron chi connectivity index (χ2n) is 15.1. The number of hydrogen-bond acceptors (Lipinski definition) is 3. The molecule has 0 saturated carbocycles. The van der Waals surface area contributed by atoms with Gasteiger partial charge in [-0.15, -0.1) is 11.3 Å². The van der Waals surface area contributed by atoms with Gasteiger partial charge in [0.2, 0.25) is 0 Å². The molecule has 1 heterocycles. The fourth-order valence-electron chi connectivity index (χ4n) is 7.73. The Kier molecular flexibility index (Phi) is 12.1. The van der Waals surface area contributed by atoms with Crippen LogP contribution in [0.15, 0.2) is 158 Å². The van der Waals surface area contributed by atoms with Gasteiger partial charge in [-0.1, -0.05) is 133 Å². The quantitative estimate of drug-likeness (QED) is 0.114. The van der Waals surface area contributed by atoms with E-state index in [1.165, 1.54) is 99.1 Å². The monoisotopic (exact) mass is 762 g/mol. The van der Waals surface area contributed by atoms with Crippen molar-refractivity contribution in [1.29, 1.82) is 0 Å². The van der Waals surface area contributed by atoms with Crippen molar-refractivity contribution in [1.82, 2.24) is 0 Å². The molecule has 0 atom stereocenters. The van der Waals surface area contributed by atoms with E-state index in [9.17, 15) is 0 Å². The Morgan fingerprint density at radius 3 is 1.02 bits per heavy atom. The molecule has 0 bridgehead atoms. The Balaban J connectivity index is 1.29. The summed E-state index contributed by atoms with van der Waals surface area (Å²) in [7, 11) is 4.16. The van der Waals surface area contributed by atoms with Crippen molar-refractivity contribution in [3.8, 4) is 43.1 Å². The summed E-state index contributed by atoms with van der Waals surface area (Å²) in [5.74, 6) is 0. The van der Waals surface area contributed by atoms with Crippen LogP contribution in [0.2, 0.25) is 0 Å². The van der Waals surface area contributed by atoms with E-state index < -0.39 is 0 Å². The Morgan fingerprint density at radius 1 is 0.386 bits per heavy atom. The van der Waals surface area contributed by atoms with Gasteiger partial charge >= 0.3 is 0 Å². The second kappa shape index (κ2) is 17.5.